The van der Waals surface area contributed by atoms with Crippen molar-refractivity contribution < 1.29 is 9.59 Å². The zero-order valence-electron chi connectivity index (χ0n) is 15.6. The quantitative estimate of drug-likeness (QED) is 0.826. The second-order valence-corrected chi connectivity index (χ2v) is 7.06. The minimum absolute atomic E-state index is 0.115. The minimum atomic E-state index is 0.115. The molecule has 2 saturated heterocycles. The molecule has 0 radical (unpaired) electrons. The summed E-state index contributed by atoms with van der Waals surface area (Å²) in [7, 11) is 0. The van der Waals surface area contributed by atoms with Crippen LogP contribution in [0.25, 0.3) is 0 Å². The van der Waals surface area contributed by atoms with Crippen molar-refractivity contribution >= 4 is 29.1 Å². The van der Waals surface area contributed by atoms with Gasteiger partial charge in [-0.25, -0.2) is 4.98 Å². The molecular formula is C18H28N6O2. The number of rotatable bonds is 3. The summed E-state index contributed by atoms with van der Waals surface area (Å²) in [5.41, 5.74) is 6.97. The summed E-state index contributed by atoms with van der Waals surface area (Å²) in [6.07, 6.45) is 1.85. The number of aromatic nitrogens is 1. The Labute approximate surface area is 154 Å². The third kappa shape index (κ3) is 4.36. The van der Waals surface area contributed by atoms with E-state index >= 15 is 0 Å². The maximum atomic E-state index is 11.5. The third-order valence-corrected chi connectivity index (χ3v) is 5.19. The van der Waals surface area contributed by atoms with E-state index < -0.39 is 0 Å². The lowest BCUT2D eigenvalue weighted by Gasteiger charge is -2.35. The highest BCUT2D eigenvalue weighted by molar-refractivity contribution is 5.74. The number of hydrogen-bond donors (Lipinski definition) is 2. The molecule has 0 aromatic carbocycles. The van der Waals surface area contributed by atoms with Crippen LogP contribution in [0.15, 0.2) is 12.1 Å². The zero-order chi connectivity index (χ0) is 18.7. The molecule has 2 aliphatic heterocycles. The van der Waals surface area contributed by atoms with E-state index in [1.807, 2.05) is 21.9 Å². The van der Waals surface area contributed by atoms with Crippen molar-refractivity contribution in [2.24, 2.45) is 0 Å². The van der Waals surface area contributed by atoms with Gasteiger partial charge < -0.3 is 25.8 Å². The van der Waals surface area contributed by atoms with Gasteiger partial charge in [0, 0.05) is 77.0 Å². The lowest BCUT2D eigenvalue weighted by atomic mass is 10.0. The molecule has 3 heterocycles. The number of amides is 2. The lowest BCUT2D eigenvalue weighted by Crippen LogP contribution is -2.48. The molecule has 0 atom stereocenters. The molecule has 1 aromatic heterocycles. The number of hydrogen-bond acceptors (Lipinski definition) is 6. The van der Waals surface area contributed by atoms with Crippen LogP contribution < -0.4 is 16.0 Å². The number of nitrogens with two attached hydrogens (primary N) is 1. The van der Waals surface area contributed by atoms with Crippen molar-refractivity contribution in [3.8, 4) is 0 Å². The highest BCUT2D eigenvalue weighted by Crippen LogP contribution is 2.24. The number of piperazine rings is 1. The molecule has 8 nitrogen and oxygen atoms in total. The van der Waals surface area contributed by atoms with Crippen molar-refractivity contribution in [1.29, 1.82) is 0 Å². The van der Waals surface area contributed by atoms with Crippen LogP contribution in [0.4, 0.5) is 17.3 Å². The number of pyridine rings is 1. The second-order valence-electron chi connectivity index (χ2n) is 7.06. The molecule has 1 aromatic rings. The molecule has 2 amide bonds. The fourth-order valence-corrected chi connectivity index (χ4v) is 3.61. The summed E-state index contributed by atoms with van der Waals surface area (Å²) in [6, 6.07) is 4.21. The molecule has 3 N–H and O–H groups in total. The molecule has 3 rings (SSSR count). The first-order valence-corrected chi connectivity index (χ1v) is 9.22. The van der Waals surface area contributed by atoms with Crippen LogP contribution in [-0.2, 0) is 9.59 Å². The first-order chi connectivity index (χ1) is 12.4. The van der Waals surface area contributed by atoms with Gasteiger partial charge in [0.2, 0.25) is 11.8 Å². The number of carbonyl (C=O) groups excluding carboxylic acids is 2. The Kier molecular flexibility index (Phi) is 5.49. The standard InChI is InChI=1S/C18H28N6O2/c1-13(25)22-5-3-15(4-6-22)20-16-11-17(19)21-18(12-16)24-9-7-23(8-10-24)14(2)26/h11-12,15H,3-10H2,1-2H3,(H3,19,20,21). The van der Waals surface area contributed by atoms with Crippen LogP contribution in [0.3, 0.4) is 0 Å². The van der Waals surface area contributed by atoms with Gasteiger partial charge in [-0.15, -0.1) is 0 Å². The number of carbonyl (C=O) groups is 2. The normalized spacial score (nSPS) is 18.8. The molecule has 26 heavy (non-hydrogen) atoms. The van der Waals surface area contributed by atoms with Crippen LogP contribution in [-0.4, -0.2) is 71.9 Å². The summed E-state index contributed by atoms with van der Waals surface area (Å²) in [5, 5.41) is 3.54. The van der Waals surface area contributed by atoms with Gasteiger partial charge >= 0.3 is 0 Å². The first kappa shape index (κ1) is 18.3. The number of nitrogens with zero attached hydrogens (tertiary/aromatic N) is 4. The van der Waals surface area contributed by atoms with E-state index in [-0.39, 0.29) is 11.8 Å². The number of piperidine rings is 1. The number of likely N-dealkylation sites (tertiary alicyclic amines) is 1. The van der Waals surface area contributed by atoms with Crippen LogP contribution in [0.5, 0.6) is 0 Å². The Hall–Kier alpha value is -2.51. The molecule has 2 fully saturated rings. The average molecular weight is 360 g/mol. The van der Waals surface area contributed by atoms with Crippen LogP contribution in [0.2, 0.25) is 0 Å². The summed E-state index contributed by atoms with van der Waals surface area (Å²) >= 11 is 0. The molecule has 0 unspecified atom stereocenters. The van der Waals surface area contributed by atoms with Gasteiger partial charge in [-0.1, -0.05) is 0 Å². The van der Waals surface area contributed by atoms with Crippen molar-refractivity contribution in [2.75, 3.05) is 55.2 Å². The van der Waals surface area contributed by atoms with Gasteiger partial charge in [0.1, 0.15) is 11.6 Å². The maximum absolute atomic E-state index is 11.5. The predicted molar refractivity (Wildman–Crippen MR) is 102 cm³/mol. The Bertz CT molecular complexity index is 664. The van der Waals surface area contributed by atoms with E-state index in [2.05, 4.69) is 15.2 Å². The van der Waals surface area contributed by atoms with Gasteiger partial charge in [-0.3, -0.25) is 9.59 Å². The van der Waals surface area contributed by atoms with E-state index in [0.717, 1.165) is 50.5 Å². The molecule has 0 saturated carbocycles. The third-order valence-electron chi connectivity index (χ3n) is 5.19. The highest BCUT2D eigenvalue weighted by atomic mass is 16.2. The van der Waals surface area contributed by atoms with E-state index in [0.29, 0.717) is 24.9 Å². The molecule has 8 heteroatoms. The summed E-state index contributed by atoms with van der Waals surface area (Å²) in [4.78, 5) is 33.3. The average Bonchev–Trinajstić information content (AvgIpc) is 2.61. The molecule has 2 aliphatic rings. The van der Waals surface area contributed by atoms with Gasteiger partial charge in [-0.05, 0) is 12.8 Å². The lowest BCUT2D eigenvalue weighted by molar-refractivity contribution is -0.130. The highest BCUT2D eigenvalue weighted by Gasteiger charge is 2.22. The Morgan fingerprint density at radius 1 is 1.00 bits per heavy atom. The fourth-order valence-electron chi connectivity index (χ4n) is 3.61. The van der Waals surface area contributed by atoms with E-state index in [1.54, 1.807) is 13.8 Å². The van der Waals surface area contributed by atoms with Crippen molar-refractivity contribution in [2.45, 2.75) is 32.7 Å². The molecule has 0 aliphatic carbocycles. The van der Waals surface area contributed by atoms with Crippen LogP contribution >= 0.6 is 0 Å². The second kappa shape index (κ2) is 7.80. The molecular weight excluding hydrogens is 332 g/mol. The maximum Gasteiger partial charge on any atom is 0.219 e. The fraction of sp³-hybridized carbons (Fsp3) is 0.611. The van der Waals surface area contributed by atoms with Crippen LogP contribution in [0.1, 0.15) is 26.7 Å². The molecule has 0 spiro atoms. The van der Waals surface area contributed by atoms with Gasteiger partial charge in [0.05, 0.1) is 0 Å². The predicted octanol–water partition coefficient (Wildman–Crippen LogP) is 0.755. The Morgan fingerprint density at radius 3 is 2.15 bits per heavy atom. The Balaban J connectivity index is 1.61. The van der Waals surface area contributed by atoms with E-state index in [1.165, 1.54) is 0 Å². The number of nitrogens with one attached hydrogen (secondary N) is 1. The SMILES string of the molecule is CC(=O)N1CCC(Nc2cc(N)nc(N3CCN(C(C)=O)CC3)c2)CC1. The Morgan fingerprint density at radius 2 is 1.58 bits per heavy atom. The first-order valence-electron chi connectivity index (χ1n) is 9.22. The topological polar surface area (TPSA) is 94.8 Å². The van der Waals surface area contributed by atoms with Crippen molar-refractivity contribution in [3.05, 3.63) is 12.1 Å². The zero-order valence-corrected chi connectivity index (χ0v) is 15.6. The van der Waals surface area contributed by atoms with Crippen LogP contribution in [0, 0.1) is 0 Å². The molecule has 0 bridgehead atoms. The smallest absolute Gasteiger partial charge is 0.219 e. The van der Waals surface area contributed by atoms with E-state index in [4.69, 9.17) is 5.73 Å². The van der Waals surface area contributed by atoms with E-state index in [9.17, 15) is 9.59 Å². The summed E-state index contributed by atoms with van der Waals surface area (Å²) < 4.78 is 0. The van der Waals surface area contributed by atoms with Crippen molar-refractivity contribution in [3.63, 3.8) is 0 Å². The summed E-state index contributed by atoms with van der Waals surface area (Å²) in [5.74, 6) is 1.59. The van der Waals surface area contributed by atoms with Gasteiger partial charge in [0.25, 0.3) is 0 Å². The minimum Gasteiger partial charge on any atom is -0.384 e. The largest absolute Gasteiger partial charge is 0.384 e. The van der Waals surface area contributed by atoms with Gasteiger partial charge in [-0.2, -0.15) is 0 Å². The van der Waals surface area contributed by atoms with Crippen molar-refractivity contribution in [1.82, 2.24) is 14.8 Å². The monoisotopic (exact) mass is 360 g/mol. The number of nitrogen functional groups attached to an aromatic ring is 1. The summed E-state index contributed by atoms with van der Waals surface area (Å²) in [6.45, 7) is 7.72. The number of anilines is 3. The van der Waals surface area contributed by atoms with Gasteiger partial charge in [0.15, 0.2) is 0 Å². The molecule has 142 valence electrons.